The normalized spacial score (nSPS) is 23.5. The van der Waals surface area contributed by atoms with Crippen molar-refractivity contribution in [2.24, 2.45) is 0 Å². The second-order valence-electron chi connectivity index (χ2n) is 5.45. The van der Waals surface area contributed by atoms with Crippen LogP contribution in [0.3, 0.4) is 0 Å². The number of ether oxygens (including phenoxy) is 1. The SMILES string of the molecule is O=S(=O)(NC1CC1)c1ccccc1NC1CCCOC1. The quantitative estimate of drug-likeness (QED) is 0.868. The number of sulfonamides is 1. The molecule has 1 unspecified atom stereocenters. The third kappa shape index (κ3) is 3.31. The first kappa shape index (κ1) is 13.9. The van der Waals surface area contributed by atoms with E-state index in [1.165, 1.54) is 0 Å². The third-order valence-corrected chi connectivity index (χ3v) is 5.17. The first-order chi connectivity index (χ1) is 9.65. The first-order valence-corrected chi connectivity index (χ1v) is 8.59. The van der Waals surface area contributed by atoms with Gasteiger partial charge in [0, 0.05) is 18.7 Å². The number of hydrogen-bond donors (Lipinski definition) is 2. The van der Waals surface area contributed by atoms with Crippen molar-refractivity contribution in [1.82, 2.24) is 4.72 Å². The zero-order chi connectivity index (χ0) is 14.0. The Morgan fingerprint density at radius 3 is 2.60 bits per heavy atom. The smallest absolute Gasteiger partial charge is 0.242 e. The molecule has 2 N–H and O–H groups in total. The molecule has 1 aromatic carbocycles. The monoisotopic (exact) mass is 296 g/mol. The van der Waals surface area contributed by atoms with Crippen molar-refractivity contribution in [3.63, 3.8) is 0 Å². The number of para-hydroxylation sites is 1. The van der Waals surface area contributed by atoms with E-state index in [-0.39, 0.29) is 12.1 Å². The third-order valence-electron chi connectivity index (χ3n) is 3.60. The van der Waals surface area contributed by atoms with Gasteiger partial charge in [-0.25, -0.2) is 13.1 Å². The molecule has 110 valence electrons. The molecule has 3 rings (SSSR count). The number of hydrogen-bond acceptors (Lipinski definition) is 4. The highest BCUT2D eigenvalue weighted by Crippen LogP contribution is 2.27. The molecule has 1 heterocycles. The largest absolute Gasteiger partial charge is 0.379 e. The lowest BCUT2D eigenvalue weighted by molar-refractivity contribution is 0.0875. The molecule has 0 radical (unpaired) electrons. The first-order valence-electron chi connectivity index (χ1n) is 7.11. The molecule has 1 saturated heterocycles. The van der Waals surface area contributed by atoms with E-state index in [2.05, 4.69) is 10.0 Å². The van der Waals surface area contributed by atoms with Crippen LogP contribution in [0.25, 0.3) is 0 Å². The van der Waals surface area contributed by atoms with Gasteiger partial charge in [0.15, 0.2) is 0 Å². The highest BCUT2D eigenvalue weighted by Gasteiger charge is 2.29. The summed E-state index contributed by atoms with van der Waals surface area (Å²) in [5.74, 6) is 0. The lowest BCUT2D eigenvalue weighted by Gasteiger charge is -2.25. The molecule has 0 amide bonds. The average Bonchev–Trinajstić information content (AvgIpc) is 3.24. The maximum Gasteiger partial charge on any atom is 0.242 e. The van der Waals surface area contributed by atoms with Gasteiger partial charge in [0.2, 0.25) is 10.0 Å². The summed E-state index contributed by atoms with van der Waals surface area (Å²) >= 11 is 0. The van der Waals surface area contributed by atoms with Crippen LogP contribution in [0.1, 0.15) is 25.7 Å². The van der Waals surface area contributed by atoms with Crippen LogP contribution in [-0.4, -0.2) is 33.7 Å². The van der Waals surface area contributed by atoms with E-state index in [1.807, 2.05) is 12.1 Å². The van der Waals surface area contributed by atoms with Crippen molar-refractivity contribution in [3.8, 4) is 0 Å². The van der Waals surface area contributed by atoms with Crippen molar-refractivity contribution < 1.29 is 13.2 Å². The summed E-state index contributed by atoms with van der Waals surface area (Å²) in [6.07, 6.45) is 3.88. The van der Waals surface area contributed by atoms with E-state index in [4.69, 9.17) is 4.74 Å². The fourth-order valence-corrected chi connectivity index (χ4v) is 3.85. The minimum Gasteiger partial charge on any atom is -0.379 e. The van der Waals surface area contributed by atoms with Crippen LogP contribution in [0.2, 0.25) is 0 Å². The molecule has 1 aliphatic heterocycles. The Bertz CT molecular complexity index is 564. The van der Waals surface area contributed by atoms with Gasteiger partial charge in [-0.1, -0.05) is 12.1 Å². The lowest BCUT2D eigenvalue weighted by Crippen LogP contribution is -2.32. The summed E-state index contributed by atoms with van der Waals surface area (Å²) in [6.45, 7) is 1.42. The zero-order valence-electron chi connectivity index (χ0n) is 11.3. The number of anilines is 1. The van der Waals surface area contributed by atoms with Gasteiger partial charge in [-0.3, -0.25) is 0 Å². The summed E-state index contributed by atoms with van der Waals surface area (Å²) in [4.78, 5) is 0.331. The molecule has 2 fully saturated rings. The molecule has 1 atom stereocenters. The van der Waals surface area contributed by atoms with Gasteiger partial charge >= 0.3 is 0 Å². The summed E-state index contributed by atoms with van der Waals surface area (Å²) in [5.41, 5.74) is 0.663. The molecule has 0 bridgehead atoms. The minimum absolute atomic E-state index is 0.117. The van der Waals surface area contributed by atoms with Crippen molar-refractivity contribution >= 4 is 15.7 Å². The molecule has 5 nitrogen and oxygen atoms in total. The maximum absolute atomic E-state index is 12.4. The van der Waals surface area contributed by atoms with Gasteiger partial charge in [0.25, 0.3) is 0 Å². The van der Waals surface area contributed by atoms with Gasteiger partial charge in [-0.2, -0.15) is 0 Å². The van der Waals surface area contributed by atoms with Crippen LogP contribution in [0, 0.1) is 0 Å². The van der Waals surface area contributed by atoms with Crippen LogP contribution in [0.15, 0.2) is 29.2 Å². The zero-order valence-corrected chi connectivity index (χ0v) is 12.2. The summed E-state index contributed by atoms with van der Waals surface area (Å²) in [6, 6.07) is 7.37. The van der Waals surface area contributed by atoms with Crippen molar-refractivity contribution in [2.75, 3.05) is 18.5 Å². The van der Waals surface area contributed by atoms with E-state index < -0.39 is 10.0 Å². The fraction of sp³-hybridized carbons (Fsp3) is 0.571. The molecule has 0 spiro atoms. The average molecular weight is 296 g/mol. The summed E-state index contributed by atoms with van der Waals surface area (Å²) < 4.78 is 32.9. The van der Waals surface area contributed by atoms with E-state index in [1.54, 1.807) is 12.1 Å². The molecule has 2 aliphatic rings. The van der Waals surface area contributed by atoms with E-state index in [9.17, 15) is 8.42 Å². The lowest BCUT2D eigenvalue weighted by atomic mass is 10.1. The number of nitrogens with one attached hydrogen (secondary N) is 2. The van der Waals surface area contributed by atoms with Gasteiger partial charge in [0.05, 0.1) is 12.3 Å². The highest BCUT2D eigenvalue weighted by molar-refractivity contribution is 7.89. The second kappa shape index (κ2) is 5.71. The molecular weight excluding hydrogens is 276 g/mol. The predicted molar refractivity (Wildman–Crippen MR) is 77.2 cm³/mol. The Morgan fingerprint density at radius 2 is 1.90 bits per heavy atom. The van der Waals surface area contributed by atoms with Gasteiger partial charge < -0.3 is 10.1 Å². The number of rotatable bonds is 5. The Kier molecular flexibility index (Phi) is 3.96. The van der Waals surface area contributed by atoms with Gasteiger partial charge in [-0.05, 0) is 37.8 Å². The van der Waals surface area contributed by atoms with Crippen LogP contribution < -0.4 is 10.0 Å². The summed E-state index contributed by atoms with van der Waals surface area (Å²) in [7, 11) is -3.43. The number of benzene rings is 1. The second-order valence-corrected chi connectivity index (χ2v) is 7.13. The maximum atomic E-state index is 12.4. The van der Waals surface area contributed by atoms with Crippen molar-refractivity contribution in [2.45, 2.75) is 42.7 Å². The van der Waals surface area contributed by atoms with Crippen LogP contribution in [0.4, 0.5) is 5.69 Å². The Hall–Kier alpha value is -1.11. The molecule has 0 aromatic heterocycles. The molecule has 1 saturated carbocycles. The van der Waals surface area contributed by atoms with Gasteiger partial charge in [0.1, 0.15) is 4.90 Å². The van der Waals surface area contributed by atoms with E-state index in [0.717, 1.165) is 32.3 Å². The standard InChI is InChI=1S/C14H20N2O3S/c17-20(18,16-11-7-8-11)14-6-2-1-5-13(14)15-12-4-3-9-19-10-12/h1-2,5-6,11-12,15-16H,3-4,7-10H2. The van der Waals surface area contributed by atoms with Crippen LogP contribution in [-0.2, 0) is 14.8 Å². The predicted octanol–water partition coefficient (Wildman–Crippen LogP) is 1.72. The van der Waals surface area contributed by atoms with Crippen LogP contribution >= 0.6 is 0 Å². The summed E-state index contributed by atoms with van der Waals surface area (Å²) in [5, 5.41) is 3.31. The molecule has 6 heteroatoms. The Morgan fingerprint density at radius 1 is 1.10 bits per heavy atom. The van der Waals surface area contributed by atoms with E-state index in [0.29, 0.717) is 17.2 Å². The van der Waals surface area contributed by atoms with Crippen LogP contribution in [0.5, 0.6) is 0 Å². The molecule has 1 aliphatic carbocycles. The highest BCUT2D eigenvalue weighted by atomic mass is 32.2. The van der Waals surface area contributed by atoms with Crippen molar-refractivity contribution in [3.05, 3.63) is 24.3 Å². The Balaban J connectivity index is 1.79. The molecule has 20 heavy (non-hydrogen) atoms. The Labute approximate surface area is 119 Å². The minimum atomic E-state index is -3.43. The fourth-order valence-electron chi connectivity index (χ4n) is 2.38. The van der Waals surface area contributed by atoms with E-state index >= 15 is 0 Å². The van der Waals surface area contributed by atoms with Crippen molar-refractivity contribution in [1.29, 1.82) is 0 Å². The molecular formula is C14H20N2O3S. The molecule has 1 aromatic rings. The topological polar surface area (TPSA) is 67.4 Å². The van der Waals surface area contributed by atoms with Gasteiger partial charge in [-0.15, -0.1) is 0 Å².